The quantitative estimate of drug-likeness (QED) is 0.670. The normalized spacial score (nSPS) is 13.8. The number of benzene rings is 2. The van der Waals surface area contributed by atoms with E-state index in [-0.39, 0.29) is 24.1 Å². The Balaban J connectivity index is 1.56. The maximum Gasteiger partial charge on any atom is 0.416 e. The summed E-state index contributed by atoms with van der Waals surface area (Å²) in [5.74, 6) is 0.0418. The summed E-state index contributed by atoms with van der Waals surface area (Å²) in [7, 11) is 0. The molecule has 154 valence electrons. The van der Waals surface area contributed by atoms with E-state index in [1.54, 1.807) is 35.4 Å². The van der Waals surface area contributed by atoms with Gasteiger partial charge in [0.25, 0.3) is 5.91 Å². The van der Waals surface area contributed by atoms with Crippen molar-refractivity contribution >= 4 is 23.2 Å². The minimum Gasteiger partial charge on any atom is -0.380 e. The average Bonchev–Trinajstić information content (AvgIpc) is 2.95. The summed E-state index contributed by atoms with van der Waals surface area (Å²) >= 11 is 0. The molecule has 1 aromatic heterocycles. The van der Waals surface area contributed by atoms with E-state index in [0.717, 1.165) is 12.1 Å². The van der Waals surface area contributed by atoms with Gasteiger partial charge >= 0.3 is 6.18 Å². The molecule has 30 heavy (non-hydrogen) atoms. The zero-order valence-electron chi connectivity index (χ0n) is 15.8. The van der Waals surface area contributed by atoms with E-state index in [2.05, 4.69) is 20.6 Å². The molecule has 2 heterocycles. The molecule has 0 fully saturated rings. The molecule has 1 amide bonds. The molecule has 6 nitrogen and oxygen atoms in total. The van der Waals surface area contributed by atoms with Crippen LogP contribution in [-0.4, -0.2) is 33.9 Å². The number of nitrogens with zero attached hydrogens (tertiary/aromatic N) is 3. The maximum absolute atomic E-state index is 12.9. The highest BCUT2D eigenvalue weighted by Crippen LogP contribution is 2.31. The summed E-state index contributed by atoms with van der Waals surface area (Å²) < 4.78 is 38.8. The van der Waals surface area contributed by atoms with Crippen molar-refractivity contribution in [2.45, 2.75) is 12.7 Å². The summed E-state index contributed by atoms with van der Waals surface area (Å²) in [4.78, 5) is 23.1. The molecule has 9 heteroatoms. The second-order valence-corrected chi connectivity index (χ2v) is 6.78. The molecule has 1 aliphatic rings. The SMILES string of the molecule is O=C(c1ccccc1)N1CCNc2cnc(Nc3cccc(C(F)(F)F)c3)nc2C1. The van der Waals surface area contributed by atoms with E-state index in [1.165, 1.54) is 12.1 Å². The molecule has 0 unspecified atom stereocenters. The van der Waals surface area contributed by atoms with Crippen molar-refractivity contribution in [3.05, 3.63) is 77.6 Å². The van der Waals surface area contributed by atoms with E-state index in [4.69, 9.17) is 0 Å². The zero-order chi connectivity index (χ0) is 21.1. The van der Waals surface area contributed by atoms with Crippen LogP contribution in [-0.2, 0) is 12.7 Å². The molecule has 4 rings (SSSR count). The number of amides is 1. The van der Waals surface area contributed by atoms with Crippen molar-refractivity contribution < 1.29 is 18.0 Å². The summed E-state index contributed by atoms with van der Waals surface area (Å²) in [6.45, 7) is 1.28. The largest absolute Gasteiger partial charge is 0.416 e. The van der Waals surface area contributed by atoms with Crippen LogP contribution in [0, 0.1) is 0 Å². The Kier molecular flexibility index (Phi) is 5.26. The average molecular weight is 413 g/mol. The number of nitrogens with one attached hydrogen (secondary N) is 2. The third-order valence-corrected chi connectivity index (χ3v) is 4.66. The third kappa shape index (κ3) is 4.35. The molecule has 2 N–H and O–H groups in total. The predicted molar refractivity (Wildman–Crippen MR) is 106 cm³/mol. The van der Waals surface area contributed by atoms with Crippen LogP contribution in [0.4, 0.5) is 30.5 Å². The van der Waals surface area contributed by atoms with Gasteiger partial charge in [0.2, 0.25) is 5.95 Å². The van der Waals surface area contributed by atoms with Crippen LogP contribution in [0.1, 0.15) is 21.6 Å². The number of hydrogen-bond donors (Lipinski definition) is 2. The maximum atomic E-state index is 12.9. The highest BCUT2D eigenvalue weighted by Gasteiger charge is 2.30. The summed E-state index contributed by atoms with van der Waals surface area (Å²) in [6, 6.07) is 13.8. The van der Waals surface area contributed by atoms with Gasteiger partial charge in [-0.1, -0.05) is 24.3 Å². The Bertz CT molecular complexity index is 1060. The fourth-order valence-electron chi connectivity index (χ4n) is 3.17. The first kappa shape index (κ1) is 19.7. The number of alkyl halides is 3. The van der Waals surface area contributed by atoms with E-state index in [0.29, 0.717) is 30.0 Å². The van der Waals surface area contributed by atoms with E-state index in [1.807, 2.05) is 6.07 Å². The van der Waals surface area contributed by atoms with Crippen molar-refractivity contribution in [1.82, 2.24) is 14.9 Å². The number of carbonyl (C=O) groups is 1. The monoisotopic (exact) mass is 413 g/mol. The van der Waals surface area contributed by atoms with Gasteiger partial charge in [0.05, 0.1) is 29.7 Å². The molecule has 0 spiro atoms. The summed E-state index contributed by atoms with van der Waals surface area (Å²) in [6.07, 6.45) is -2.87. The first-order valence-electron chi connectivity index (χ1n) is 9.28. The molecule has 0 atom stereocenters. The molecule has 2 aromatic carbocycles. The van der Waals surface area contributed by atoms with Crippen LogP contribution in [0.5, 0.6) is 0 Å². The van der Waals surface area contributed by atoms with E-state index >= 15 is 0 Å². The second-order valence-electron chi connectivity index (χ2n) is 6.78. The van der Waals surface area contributed by atoms with Gasteiger partial charge in [-0.15, -0.1) is 0 Å². The van der Waals surface area contributed by atoms with Gasteiger partial charge in [0.1, 0.15) is 0 Å². The van der Waals surface area contributed by atoms with Gasteiger partial charge in [0.15, 0.2) is 0 Å². The lowest BCUT2D eigenvalue weighted by Crippen LogP contribution is -2.32. The van der Waals surface area contributed by atoms with Crippen molar-refractivity contribution in [2.24, 2.45) is 0 Å². The Hall–Kier alpha value is -3.62. The van der Waals surface area contributed by atoms with Crippen LogP contribution >= 0.6 is 0 Å². The van der Waals surface area contributed by atoms with Crippen LogP contribution < -0.4 is 10.6 Å². The Labute approximate surface area is 170 Å². The number of hydrogen-bond acceptors (Lipinski definition) is 5. The molecule has 0 bridgehead atoms. The highest BCUT2D eigenvalue weighted by atomic mass is 19.4. The number of carbonyl (C=O) groups excluding carboxylic acids is 1. The predicted octanol–water partition coefficient (Wildman–Crippen LogP) is 4.31. The Morgan fingerprint density at radius 2 is 1.90 bits per heavy atom. The fraction of sp³-hybridized carbons (Fsp3) is 0.190. The van der Waals surface area contributed by atoms with Crippen molar-refractivity contribution in [2.75, 3.05) is 23.7 Å². The highest BCUT2D eigenvalue weighted by molar-refractivity contribution is 5.94. The minimum atomic E-state index is -4.44. The van der Waals surface area contributed by atoms with Crippen molar-refractivity contribution in [3.8, 4) is 0 Å². The lowest BCUT2D eigenvalue weighted by Gasteiger charge is -2.20. The number of rotatable bonds is 3. The molecular weight excluding hydrogens is 395 g/mol. The van der Waals surface area contributed by atoms with Gasteiger partial charge in [0, 0.05) is 24.3 Å². The molecule has 0 radical (unpaired) electrons. The molecule has 0 saturated carbocycles. The molecule has 0 aliphatic carbocycles. The molecule has 1 aliphatic heterocycles. The number of fused-ring (bicyclic) bond motifs is 1. The zero-order valence-corrected chi connectivity index (χ0v) is 15.8. The van der Waals surface area contributed by atoms with Crippen molar-refractivity contribution in [1.29, 1.82) is 0 Å². The smallest absolute Gasteiger partial charge is 0.380 e. The van der Waals surface area contributed by atoms with Gasteiger partial charge < -0.3 is 15.5 Å². The number of halogens is 3. The van der Waals surface area contributed by atoms with E-state index < -0.39 is 11.7 Å². The summed E-state index contributed by atoms with van der Waals surface area (Å²) in [5, 5.41) is 6.00. The van der Waals surface area contributed by atoms with Crippen LogP contribution in [0.3, 0.4) is 0 Å². The Morgan fingerprint density at radius 1 is 1.10 bits per heavy atom. The second kappa shape index (κ2) is 8.02. The van der Waals surface area contributed by atoms with Crippen LogP contribution in [0.15, 0.2) is 60.8 Å². The van der Waals surface area contributed by atoms with E-state index in [9.17, 15) is 18.0 Å². The standard InChI is InChI=1S/C21H18F3N5O/c22-21(23,24)15-7-4-8-16(11-15)27-20-26-12-17-18(28-20)13-29(10-9-25-17)19(30)14-5-2-1-3-6-14/h1-8,11-12,25H,9-10,13H2,(H,26,27,28). The lowest BCUT2D eigenvalue weighted by molar-refractivity contribution is -0.137. The first-order valence-corrected chi connectivity index (χ1v) is 9.28. The minimum absolute atomic E-state index is 0.115. The van der Waals surface area contributed by atoms with Crippen molar-refractivity contribution in [3.63, 3.8) is 0 Å². The summed E-state index contributed by atoms with van der Waals surface area (Å²) in [5.41, 5.74) is 1.32. The lowest BCUT2D eigenvalue weighted by atomic mass is 10.2. The third-order valence-electron chi connectivity index (χ3n) is 4.66. The van der Waals surface area contributed by atoms with Crippen LogP contribution in [0.25, 0.3) is 0 Å². The molecule has 3 aromatic rings. The first-order chi connectivity index (χ1) is 14.4. The molecular formula is C21H18F3N5O. The van der Waals surface area contributed by atoms with Gasteiger partial charge in [-0.2, -0.15) is 13.2 Å². The van der Waals surface area contributed by atoms with Gasteiger partial charge in [-0.25, -0.2) is 9.97 Å². The number of anilines is 3. The van der Waals surface area contributed by atoms with Gasteiger partial charge in [-0.05, 0) is 30.3 Å². The van der Waals surface area contributed by atoms with Gasteiger partial charge in [-0.3, -0.25) is 4.79 Å². The topological polar surface area (TPSA) is 70.2 Å². The number of aromatic nitrogens is 2. The molecule has 0 saturated heterocycles. The van der Waals surface area contributed by atoms with Crippen LogP contribution in [0.2, 0.25) is 0 Å². The fourth-order valence-corrected chi connectivity index (χ4v) is 3.17. The Morgan fingerprint density at radius 3 is 2.67 bits per heavy atom.